The number of hydrogen-bond donors (Lipinski definition) is 1. The molecule has 0 saturated carbocycles. The fraction of sp³-hybridized carbons (Fsp3) is 0.533. The molecule has 106 valence electrons. The molecule has 19 heavy (non-hydrogen) atoms. The molecular weight excluding hydrogens is 242 g/mol. The van der Waals surface area contributed by atoms with E-state index in [4.69, 9.17) is 9.84 Å². The maximum atomic E-state index is 11.5. The van der Waals surface area contributed by atoms with Crippen LogP contribution in [0.1, 0.15) is 31.9 Å². The molecule has 0 aliphatic heterocycles. The lowest BCUT2D eigenvalue weighted by Crippen LogP contribution is -2.27. The van der Waals surface area contributed by atoms with Crippen molar-refractivity contribution in [2.24, 2.45) is 0 Å². The number of rotatable bonds is 4. The minimum Gasteiger partial charge on any atom is -0.447 e. The molecule has 0 fully saturated rings. The second kappa shape index (κ2) is 6.57. The van der Waals surface area contributed by atoms with Gasteiger partial charge in [-0.15, -0.1) is 0 Å². The van der Waals surface area contributed by atoms with E-state index in [0.29, 0.717) is 6.54 Å². The zero-order chi connectivity index (χ0) is 14.5. The van der Waals surface area contributed by atoms with E-state index in [2.05, 4.69) is 32.9 Å². The van der Waals surface area contributed by atoms with Crippen LogP contribution in [-0.4, -0.2) is 36.4 Å². The molecule has 0 aromatic heterocycles. The summed E-state index contributed by atoms with van der Waals surface area (Å²) in [6.45, 7) is 6.88. The third-order valence-corrected chi connectivity index (χ3v) is 2.87. The standard InChI is InChI=1S/C15H23NO3/c1-15(2,3)13-7-5-12(6-8-13)11-16(4)14(18)19-10-9-17/h5-8,17H,9-11H2,1-4H3. The topological polar surface area (TPSA) is 49.8 Å². The average molecular weight is 265 g/mol. The molecule has 0 aliphatic carbocycles. The molecule has 1 N–H and O–H groups in total. The highest BCUT2D eigenvalue weighted by Crippen LogP contribution is 2.22. The van der Waals surface area contributed by atoms with Crippen molar-refractivity contribution in [3.8, 4) is 0 Å². The average Bonchev–Trinajstić information content (AvgIpc) is 2.35. The molecule has 0 radical (unpaired) electrons. The Hall–Kier alpha value is -1.55. The number of carbonyl (C=O) groups excluding carboxylic acids is 1. The van der Waals surface area contributed by atoms with Crippen LogP contribution >= 0.6 is 0 Å². The van der Waals surface area contributed by atoms with Crippen molar-refractivity contribution < 1.29 is 14.6 Å². The minimum absolute atomic E-state index is 0.0339. The Bertz CT molecular complexity index is 406. The van der Waals surface area contributed by atoms with Gasteiger partial charge in [0.1, 0.15) is 6.61 Å². The number of hydrogen-bond acceptors (Lipinski definition) is 3. The van der Waals surface area contributed by atoms with Crippen molar-refractivity contribution in [2.75, 3.05) is 20.3 Å². The van der Waals surface area contributed by atoms with Gasteiger partial charge >= 0.3 is 6.09 Å². The van der Waals surface area contributed by atoms with Crippen LogP contribution in [0, 0.1) is 0 Å². The SMILES string of the molecule is CN(Cc1ccc(C(C)(C)C)cc1)C(=O)OCCO. The molecule has 1 aromatic carbocycles. The Kier molecular flexibility index (Phi) is 5.36. The van der Waals surface area contributed by atoms with Crippen LogP contribution in [0.15, 0.2) is 24.3 Å². The fourth-order valence-corrected chi connectivity index (χ4v) is 1.69. The lowest BCUT2D eigenvalue weighted by atomic mass is 9.87. The quantitative estimate of drug-likeness (QED) is 0.910. The van der Waals surface area contributed by atoms with E-state index in [-0.39, 0.29) is 18.6 Å². The highest BCUT2D eigenvalue weighted by Gasteiger charge is 2.14. The van der Waals surface area contributed by atoms with E-state index in [9.17, 15) is 4.79 Å². The van der Waals surface area contributed by atoms with Crippen molar-refractivity contribution >= 4 is 6.09 Å². The van der Waals surface area contributed by atoms with Crippen LogP contribution in [0.5, 0.6) is 0 Å². The second-order valence-corrected chi connectivity index (χ2v) is 5.64. The molecule has 4 heteroatoms. The van der Waals surface area contributed by atoms with Crippen molar-refractivity contribution in [1.29, 1.82) is 0 Å². The number of nitrogens with zero attached hydrogens (tertiary/aromatic N) is 1. The normalized spacial score (nSPS) is 11.2. The first kappa shape index (κ1) is 15.5. The van der Waals surface area contributed by atoms with Crippen LogP contribution in [-0.2, 0) is 16.7 Å². The van der Waals surface area contributed by atoms with E-state index >= 15 is 0 Å². The van der Waals surface area contributed by atoms with E-state index in [0.717, 1.165) is 5.56 Å². The smallest absolute Gasteiger partial charge is 0.409 e. The van der Waals surface area contributed by atoms with Crippen LogP contribution in [0.3, 0.4) is 0 Å². The van der Waals surface area contributed by atoms with Gasteiger partial charge < -0.3 is 14.7 Å². The summed E-state index contributed by atoms with van der Waals surface area (Å²) in [6.07, 6.45) is -0.422. The summed E-state index contributed by atoms with van der Waals surface area (Å²) < 4.78 is 4.84. The molecule has 0 spiro atoms. The molecule has 0 atom stereocenters. The summed E-state index contributed by atoms with van der Waals surface area (Å²) in [7, 11) is 1.68. The summed E-state index contributed by atoms with van der Waals surface area (Å²) in [6, 6.07) is 8.22. The Morgan fingerprint density at radius 1 is 1.26 bits per heavy atom. The number of benzene rings is 1. The second-order valence-electron chi connectivity index (χ2n) is 5.64. The molecule has 1 rings (SSSR count). The van der Waals surface area contributed by atoms with Crippen molar-refractivity contribution in [3.05, 3.63) is 35.4 Å². The molecular formula is C15H23NO3. The number of aliphatic hydroxyl groups excluding tert-OH is 1. The highest BCUT2D eigenvalue weighted by atomic mass is 16.6. The van der Waals surface area contributed by atoms with Crippen molar-refractivity contribution in [3.63, 3.8) is 0 Å². The van der Waals surface area contributed by atoms with Gasteiger partial charge in [0.15, 0.2) is 0 Å². The summed E-state index contributed by atoms with van der Waals surface area (Å²) in [5.41, 5.74) is 2.45. The van der Waals surface area contributed by atoms with Gasteiger partial charge in [-0.25, -0.2) is 4.79 Å². The van der Waals surface area contributed by atoms with Gasteiger partial charge in [-0.05, 0) is 16.5 Å². The summed E-state index contributed by atoms with van der Waals surface area (Å²) in [4.78, 5) is 13.0. The molecule has 1 aromatic rings. The van der Waals surface area contributed by atoms with Gasteiger partial charge in [-0.3, -0.25) is 0 Å². The van der Waals surface area contributed by atoms with E-state index in [1.807, 2.05) is 12.1 Å². The Morgan fingerprint density at radius 3 is 2.32 bits per heavy atom. The summed E-state index contributed by atoms with van der Waals surface area (Å²) in [5, 5.41) is 8.60. The van der Waals surface area contributed by atoms with Gasteiger partial charge in [0.25, 0.3) is 0 Å². The first-order chi connectivity index (χ1) is 8.84. The maximum absolute atomic E-state index is 11.5. The van der Waals surface area contributed by atoms with Crippen molar-refractivity contribution in [1.82, 2.24) is 4.90 Å². The zero-order valence-electron chi connectivity index (χ0n) is 12.1. The minimum atomic E-state index is -0.422. The van der Waals surface area contributed by atoms with Gasteiger partial charge in [0.05, 0.1) is 6.61 Å². The predicted octanol–water partition coefficient (Wildman–Crippen LogP) is 2.54. The molecule has 0 bridgehead atoms. The maximum Gasteiger partial charge on any atom is 0.409 e. The van der Waals surface area contributed by atoms with Crippen LogP contribution < -0.4 is 0 Å². The molecule has 0 heterocycles. The molecule has 0 saturated heterocycles. The summed E-state index contributed by atoms with van der Waals surface area (Å²) in [5.74, 6) is 0. The van der Waals surface area contributed by atoms with Crippen LogP contribution in [0.4, 0.5) is 4.79 Å². The first-order valence-electron chi connectivity index (χ1n) is 6.43. The van der Waals surface area contributed by atoms with Gasteiger partial charge in [0, 0.05) is 13.6 Å². The zero-order valence-corrected chi connectivity index (χ0v) is 12.1. The number of aliphatic hydroxyl groups is 1. The van der Waals surface area contributed by atoms with E-state index in [1.165, 1.54) is 10.5 Å². The Balaban J connectivity index is 2.60. The predicted molar refractivity (Wildman–Crippen MR) is 75.0 cm³/mol. The summed E-state index contributed by atoms with van der Waals surface area (Å²) >= 11 is 0. The van der Waals surface area contributed by atoms with Gasteiger partial charge in [0.2, 0.25) is 0 Å². The molecule has 4 nitrogen and oxygen atoms in total. The third kappa shape index (κ3) is 4.91. The number of ether oxygens (including phenoxy) is 1. The number of carbonyl (C=O) groups is 1. The lowest BCUT2D eigenvalue weighted by Gasteiger charge is -2.20. The van der Waals surface area contributed by atoms with E-state index < -0.39 is 6.09 Å². The molecule has 1 amide bonds. The third-order valence-electron chi connectivity index (χ3n) is 2.87. The monoisotopic (exact) mass is 265 g/mol. The molecule has 0 aliphatic rings. The highest BCUT2D eigenvalue weighted by molar-refractivity contribution is 5.67. The van der Waals surface area contributed by atoms with Gasteiger partial charge in [-0.1, -0.05) is 45.0 Å². The van der Waals surface area contributed by atoms with Crippen molar-refractivity contribution in [2.45, 2.75) is 32.7 Å². The Morgan fingerprint density at radius 2 is 1.84 bits per heavy atom. The van der Waals surface area contributed by atoms with Crippen LogP contribution in [0.2, 0.25) is 0 Å². The largest absolute Gasteiger partial charge is 0.447 e. The van der Waals surface area contributed by atoms with Gasteiger partial charge in [-0.2, -0.15) is 0 Å². The number of amides is 1. The van der Waals surface area contributed by atoms with E-state index in [1.54, 1.807) is 7.05 Å². The van der Waals surface area contributed by atoms with Crippen LogP contribution in [0.25, 0.3) is 0 Å². The first-order valence-corrected chi connectivity index (χ1v) is 6.43. The Labute approximate surface area is 115 Å². The lowest BCUT2D eigenvalue weighted by molar-refractivity contribution is 0.0894. The molecule has 0 unspecified atom stereocenters. The fourth-order valence-electron chi connectivity index (χ4n) is 1.69.